The molecule has 1 aliphatic heterocycles. The predicted octanol–water partition coefficient (Wildman–Crippen LogP) is 1.55. The zero-order valence-electron chi connectivity index (χ0n) is 10.7. The summed E-state index contributed by atoms with van der Waals surface area (Å²) in [4.78, 5) is 15.2. The van der Waals surface area contributed by atoms with Crippen LogP contribution in [0.4, 0.5) is 0 Å². The number of rotatable bonds is 5. The third-order valence-electron chi connectivity index (χ3n) is 2.84. The number of ketones is 1. The Bertz CT molecular complexity index is 549. The molecule has 2 rings (SSSR count). The van der Waals surface area contributed by atoms with Crippen molar-refractivity contribution in [1.82, 2.24) is 9.29 Å². The molecule has 5 nitrogen and oxygen atoms in total. The first-order valence-electron chi connectivity index (χ1n) is 6.08. The lowest BCUT2D eigenvalue weighted by atomic mass is 10.4. The number of pyridine rings is 1. The molecule has 1 saturated heterocycles. The van der Waals surface area contributed by atoms with E-state index in [0.717, 1.165) is 12.8 Å². The molecular formula is C12H16N2O3S2. The van der Waals surface area contributed by atoms with E-state index in [-0.39, 0.29) is 10.7 Å². The Morgan fingerprint density at radius 1 is 1.37 bits per heavy atom. The van der Waals surface area contributed by atoms with Crippen LogP contribution in [0.2, 0.25) is 0 Å². The van der Waals surface area contributed by atoms with Gasteiger partial charge in [0.2, 0.25) is 10.0 Å². The maximum atomic E-state index is 12.2. The van der Waals surface area contributed by atoms with Crippen molar-refractivity contribution in [2.75, 3.05) is 18.8 Å². The fraction of sp³-hybridized carbons (Fsp3) is 0.500. The fourth-order valence-electron chi connectivity index (χ4n) is 1.86. The molecule has 104 valence electrons. The standard InChI is InChI=1S/C12H16N2O3S2/c1-10(15)9-18-12-5-4-11(8-13-12)19(16,17)14-6-2-3-7-14/h4-5,8H,2-3,6-7,9H2,1H3. The molecule has 0 saturated carbocycles. The monoisotopic (exact) mass is 300 g/mol. The smallest absolute Gasteiger partial charge is 0.244 e. The van der Waals surface area contributed by atoms with Crippen molar-refractivity contribution in [1.29, 1.82) is 0 Å². The summed E-state index contributed by atoms with van der Waals surface area (Å²) in [7, 11) is -3.39. The molecule has 7 heteroatoms. The molecule has 0 unspecified atom stereocenters. The van der Waals surface area contributed by atoms with E-state index in [0.29, 0.717) is 23.9 Å². The van der Waals surface area contributed by atoms with Gasteiger partial charge >= 0.3 is 0 Å². The van der Waals surface area contributed by atoms with E-state index in [9.17, 15) is 13.2 Å². The van der Waals surface area contributed by atoms with Gasteiger partial charge < -0.3 is 0 Å². The first-order valence-corrected chi connectivity index (χ1v) is 8.51. The molecule has 0 spiro atoms. The van der Waals surface area contributed by atoms with Gasteiger partial charge in [-0.3, -0.25) is 4.79 Å². The summed E-state index contributed by atoms with van der Waals surface area (Å²) in [5.74, 6) is 0.422. The summed E-state index contributed by atoms with van der Waals surface area (Å²) in [5.41, 5.74) is 0. The van der Waals surface area contributed by atoms with Gasteiger partial charge in [0, 0.05) is 19.3 Å². The van der Waals surface area contributed by atoms with Crippen LogP contribution in [-0.2, 0) is 14.8 Å². The second kappa shape index (κ2) is 6.02. The highest BCUT2D eigenvalue weighted by molar-refractivity contribution is 7.99. The molecule has 1 fully saturated rings. The van der Waals surface area contributed by atoms with Gasteiger partial charge in [-0.05, 0) is 31.9 Å². The Morgan fingerprint density at radius 3 is 2.58 bits per heavy atom. The first-order chi connectivity index (χ1) is 9.00. The van der Waals surface area contributed by atoms with Crippen molar-refractivity contribution in [3.63, 3.8) is 0 Å². The number of nitrogens with zero attached hydrogens (tertiary/aromatic N) is 2. The molecule has 0 aromatic carbocycles. The van der Waals surface area contributed by atoms with Gasteiger partial charge in [0.05, 0.1) is 10.8 Å². The summed E-state index contributed by atoms with van der Waals surface area (Å²) in [5, 5.41) is 0.663. The average molecular weight is 300 g/mol. The van der Waals surface area contributed by atoms with Crippen molar-refractivity contribution < 1.29 is 13.2 Å². The summed E-state index contributed by atoms with van der Waals surface area (Å²) in [6.07, 6.45) is 3.20. The third-order valence-corrected chi connectivity index (χ3v) is 5.81. The minimum atomic E-state index is -3.39. The highest BCUT2D eigenvalue weighted by Gasteiger charge is 2.27. The second-order valence-corrected chi connectivity index (χ2v) is 7.37. The van der Waals surface area contributed by atoms with E-state index in [4.69, 9.17) is 0 Å². The minimum absolute atomic E-state index is 0.0700. The van der Waals surface area contributed by atoms with Crippen LogP contribution in [0.15, 0.2) is 28.3 Å². The van der Waals surface area contributed by atoms with Gasteiger partial charge in [-0.1, -0.05) is 11.8 Å². The zero-order valence-corrected chi connectivity index (χ0v) is 12.3. The van der Waals surface area contributed by atoms with Crippen molar-refractivity contribution in [3.8, 4) is 0 Å². The Labute approximate surface area is 117 Å². The maximum absolute atomic E-state index is 12.2. The van der Waals surface area contributed by atoms with Gasteiger partial charge in [-0.2, -0.15) is 4.31 Å². The largest absolute Gasteiger partial charge is 0.299 e. The SMILES string of the molecule is CC(=O)CSc1ccc(S(=O)(=O)N2CCCC2)cn1. The number of sulfonamides is 1. The van der Waals surface area contributed by atoms with Crippen molar-refractivity contribution in [2.45, 2.75) is 29.7 Å². The lowest BCUT2D eigenvalue weighted by Crippen LogP contribution is -2.27. The molecule has 0 bridgehead atoms. The highest BCUT2D eigenvalue weighted by Crippen LogP contribution is 2.22. The number of carbonyl (C=O) groups is 1. The van der Waals surface area contributed by atoms with Crippen molar-refractivity contribution >= 4 is 27.6 Å². The maximum Gasteiger partial charge on any atom is 0.244 e. The summed E-state index contributed by atoms with van der Waals surface area (Å²) in [6.45, 7) is 2.69. The van der Waals surface area contributed by atoms with Crippen LogP contribution in [0, 0.1) is 0 Å². The number of carbonyl (C=O) groups excluding carboxylic acids is 1. The Morgan fingerprint density at radius 2 is 2.05 bits per heavy atom. The molecule has 1 aromatic heterocycles. The lowest BCUT2D eigenvalue weighted by molar-refractivity contribution is -0.114. The first kappa shape index (κ1) is 14.5. The van der Waals surface area contributed by atoms with Crippen LogP contribution in [0.3, 0.4) is 0 Å². The topological polar surface area (TPSA) is 67.3 Å². The summed E-state index contributed by atoms with van der Waals surface area (Å²) in [6, 6.07) is 3.21. The number of Topliss-reactive ketones (excluding diaryl/α,β-unsaturated/α-hetero) is 1. The Hall–Kier alpha value is -0.920. The van der Waals surface area contributed by atoms with E-state index in [2.05, 4.69) is 4.98 Å². The van der Waals surface area contributed by atoms with Gasteiger partial charge in [0.15, 0.2) is 0 Å². The van der Waals surface area contributed by atoms with Crippen LogP contribution < -0.4 is 0 Å². The molecule has 1 aliphatic rings. The molecular weight excluding hydrogens is 284 g/mol. The fourth-order valence-corrected chi connectivity index (χ4v) is 3.96. The van der Waals surface area contributed by atoms with Gasteiger partial charge in [0.1, 0.15) is 10.7 Å². The van der Waals surface area contributed by atoms with Crippen LogP contribution in [0.5, 0.6) is 0 Å². The van der Waals surface area contributed by atoms with Gasteiger partial charge in [0.25, 0.3) is 0 Å². The van der Waals surface area contributed by atoms with E-state index < -0.39 is 10.0 Å². The van der Waals surface area contributed by atoms with E-state index in [1.54, 1.807) is 12.1 Å². The minimum Gasteiger partial charge on any atom is -0.299 e. The Balaban J connectivity index is 2.11. The van der Waals surface area contributed by atoms with Crippen molar-refractivity contribution in [2.24, 2.45) is 0 Å². The number of thioether (sulfide) groups is 1. The molecule has 1 aromatic rings. The molecule has 0 N–H and O–H groups in total. The van der Waals surface area contributed by atoms with Gasteiger partial charge in [-0.25, -0.2) is 13.4 Å². The Kier molecular flexibility index (Phi) is 4.59. The molecule has 0 radical (unpaired) electrons. The van der Waals surface area contributed by atoms with Crippen LogP contribution in [0.1, 0.15) is 19.8 Å². The number of aromatic nitrogens is 1. The van der Waals surface area contributed by atoms with E-state index >= 15 is 0 Å². The molecule has 19 heavy (non-hydrogen) atoms. The van der Waals surface area contributed by atoms with Crippen LogP contribution >= 0.6 is 11.8 Å². The lowest BCUT2D eigenvalue weighted by Gasteiger charge is -2.15. The average Bonchev–Trinajstić information content (AvgIpc) is 2.91. The van der Waals surface area contributed by atoms with Crippen LogP contribution in [-0.4, -0.2) is 42.3 Å². The predicted molar refractivity (Wildman–Crippen MR) is 73.6 cm³/mol. The second-order valence-electron chi connectivity index (χ2n) is 4.43. The molecule has 2 heterocycles. The highest BCUT2D eigenvalue weighted by atomic mass is 32.2. The normalized spacial score (nSPS) is 16.7. The van der Waals surface area contributed by atoms with Gasteiger partial charge in [-0.15, -0.1) is 0 Å². The van der Waals surface area contributed by atoms with Crippen molar-refractivity contribution in [3.05, 3.63) is 18.3 Å². The molecule has 0 atom stereocenters. The molecule has 0 amide bonds. The molecule has 0 aliphatic carbocycles. The zero-order chi connectivity index (χ0) is 13.9. The van der Waals surface area contributed by atoms with Crippen LogP contribution in [0.25, 0.3) is 0 Å². The van der Waals surface area contributed by atoms with E-state index in [1.807, 2.05) is 0 Å². The summed E-state index contributed by atoms with van der Waals surface area (Å²) >= 11 is 1.31. The number of hydrogen-bond donors (Lipinski definition) is 0. The third kappa shape index (κ3) is 3.55. The quantitative estimate of drug-likeness (QED) is 0.772. The van der Waals surface area contributed by atoms with E-state index in [1.165, 1.54) is 29.2 Å². The number of hydrogen-bond acceptors (Lipinski definition) is 5. The summed E-state index contributed by atoms with van der Waals surface area (Å²) < 4.78 is 26.0.